The molecule has 1 aromatic rings. The first-order valence-corrected chi connectivity index (χ1v) is 11.0. The number of nitrogens with one attached hydrogen (secondary N) is 4. The summed E-state index contributed by atoms with van der Waals surface area (Å²) in [5.74, 6) is 0.670. The van der Waals surface area contributed by atoms with Crippen LogP contribution >= 0.6 is 0 Å². The fourth-order valence-electron chi connectivity index (χ4n) is 3.68. The SMILES string of the molecule is Cc1ccccc1/C(=N/C(=N)[C@@H](C)N(C(=O)[C@H]1CNCCO1)C1CC1)NCCCNO. The predicted molar refractivity (Wildman–Crippen MR) is 120 cm³/mol. The van der Waals surface area contributed by atoms with E-state index in [1.54, 1.807) is 4.90 Å². The molecule has 0 spiro atoms. The molecule has 0 unspecified atom stereocenters. The lowest BCUT2D eigenvalue weighted by molar-refractivity contribution is -0.146. The van der Waals surface area contributed by atoms with Crippen molar-refractivity contribution in [3.8, 4) is 0 Å². The molecule has 5 N–H and O–H groups in total. The van der Waals surface area contributed by atoms with Crippen molar-refractivity contribution in [2.45, 2.75) is 51.3 Å². The Kier molecular flexibility index (Phi) is 8.53. The summed E-state index contributed by atoms with van der Waals surface area (Å²) in [5, 5.41) is 24.0. The van der Waals surface area contributed by atoms with Crippen LogP contribution in [0.15, 0.2) is 29.3 Å². The Morgan fingerprint density at radius 3 is 2.81 bits per heavy atom. The van der Waals surface area contributed by atoms with Crippen LogP contribution in [-0.2, 0) is 9.53 Å². The Bertz CT molecular complexity index is 789. The number of amides is 1. The van der Waals surface area contributed by atoms with Gasteiger partial charge in [-0.15, -0.1) is 0 Å². The van der Waals surface area contributed by atoms with Gasteiger partial charge in [0.25, 0.3) is 5.91 Å². The number of carbonyl (C=O) groups is 1. The highest BCUT2D eigenvalue weighted by molar-refractivity contribution is 6.08. The molecule has 2 atom stereocenters. The van der Waals surface area contributed by atoms with Crippen molar-refractivity contribution < 1.29 is 14.7 Å². The van der Waals surface area contributed by atoms with E-state index in [4.69, 9.17) is 15.4 Å². The number of hydrogen-bond donors (Lipinski definition) is 5. The standard InChI is InChI=1S/C22H34N6O3/c1-15-6-3-4-7-18(15)21(25-10-5-11-26-30)27-20(23)16(2)28(17-8-9-17)22(29)19-14-24-12-13-31-19/h3-4,6-7,16-17,19,24,26,30H,5,8-14H2,1-2H3,(H2,23,25,27)/t16-,19-/m1/s1. The van der Waals surface area contributed by atoms with E-state index in [2.05, 4.69) is 21.1 Å². The molecule has 1 aliphatic carbocycles. The Balaban J connectivity index is 1.78. The third-order valence-electron chi connectivity index (χ3n) is 5.60. The van der Waals surface area contributed by atoms with Crippen LogP contribution in [0.3, 0.4) is 0 Å². The van der Waals surface area contributed by atoms with E-state index in [0.717, 1.165) is 30.5 Å². The molecule has 9 nitrogen and oxygen atoms in total. The highest BCUT2D eigenvalue weighted by Crippen LogP contribution is 2.30. The van der Waals surface area contributed by atoms with Crippen molar-refractivity contribution >= 4 is 17.6 Å². The highest BCUT2D eigenvalue weighted by Gasteiger charge is 2.40. The maximum Gasteiger partial charge on any atom is 0.253 e. The topological polar surface area (TPSA) is 122 Å². The van der Waals surface area contributed by atoms with Gasteiger partial charge in [-0.25, -0.2) is 10.5 Å². The van der Waals surface area contributed by atoms with Crippen molar-refractivity contribution in [1.82, 2.24) is 21.0 Å². The van der Waals surface area contributed by atoms with Crippen molar-refractivity contribution in [3.63, 3.8) is 0 Å². The summed E-state index contributed by atoms with van der Waals surface area (Å²) in [6.45, 7) is 6.69. The minimum atomic E-state index is -0.506. The van der Waals surface area contributed by atoms with E-state index in [0.29, 0.717) is 38.5 Å². The first-order chi connectivity index (χ1) is 15.0. The molecule has 3 rings (SSSR count). The molecule has 1 amide bonds. The zero-order valence-electron chi connectivity index (χ0n) is 18.4. The summed E-state index contributed by atoms with van der Waals surface area (Å²) in [7, 11) is 0. The molecule has 0 radical (unpaired) electrons. The third kappa shape index (κ3) is 6.33. The quantitative estimate of drug-likeness (QED) is 0.173. The van der Waals surface area contributed by atoms with Crippen LogP contribution in [0.5, 0.6) is 0 Å². The van der Waals surface area contributed by atoms with Crippen LogP contribution in [0.1, 0.15) is 37.3 Å². The van der Waals surface area contributed by atoms with Gasteiger partial charge in [-0.05, 0) is 38.7 Å². The Hall–Kier alpha value is -2.33. The molecule has 2 aliphatic rings. The van der Waals surface area contributed by atoms with E-state index in [1.807, 2.05) is 38.1 Å². The Morgan fingerprint density at radius 1 is 1.39 bits per heavy atom. The zero-order chi connectivity index (χ0) is 22.2. The fourth-order valence-corrected chi connectivity index (χ4v) is 3.68. The van der Waals surface area contributed by atoms with Gasteiger partial charge in [0, 0.05) is 37.8 Å². The van der Waals surface area contributed by atoms with Gasteiger partial charge in [0.05, 0.1) is 12.6 Å². The molecule has 1 saturated carbocycles. The summed E-state index contributed by atoms with van der Waals surface area (Å²) >= 11 is 0. The number of morpholine rings is 1. The normalized spacial score (nSPS) is 20.2. The number of amidine groups is 2. The monoisotopic (exact) mass is 430 g/mol. The Morgan fingerprint density at radius 2 is 2.16 bits per heavy atom. The average molecular weight is 431 g/mol. The molecular weight excluding hydrogens is 396 g/mol. The second kappa shape index (κ2) is 11.3. The number of benzene rings is 1. The van der Waals surface area contributed by atoms with Gasteiger partial charge in [0.2, 0.25) is 0 Å². The van der Waals surface area contributed by atoms with E-state index in [1.165, 1.54) is 0 Å². The van der Waals surface area contributed by atoms with Gasteiger partial charge >= 0.3 is 0 Å². The number of carbonyl (C=O) groups excluding carboxylic acids is 1. The summed E-state index contributed by atoms with van der Waals surface area (Å²) in [6.07, 6.45) is 2.09. The van der Waals surface area contributed by atoms with Gasteiger partial charge in [-0.3, -0.25) is 10.2 Å². The van der Waals surface area contributed by atoms with Crippen LogP contribution in [0.4, 0.5) is 0 Å². The molecular formula is C22H34N6O3. The smallest absolute Gasteiger partial charge is 0.253 e. The van der Waals surface area contributed by atoms with Crippen LogP contribution in [-0.4, -0.2) is 78.7 Å². The maximum absolute atomic E-state index is 13.1. The van der Waals surface area contributed by atoms with Gasteiger partial charge in [0.1, 0.15) is 17.8 Å². The van der Waals surface area contributed by atoms with Gasteiger partial charge in [-0.1, -0.05) is 24.3 Å². The predicted octanol–water partition coefficient (Wildman–Crippen LogP) is 1.05. The molecule has 1 heterocycles. The second-order valence-corrected chi connectivity index (χ2v) is 8.07. The number of ether oxygens (including phenoxy) is 1. The van der Waals surface area contributed by atoms with Crippen molar-refractivity contribution in [3.05, 3.63) is 35.4 Å². The van der Waals surface area contributed by atoms with Crippen LogP contribution in [0.2, 0.25) is 0 Å². The molecule has 1 aliphatic heterocycles. The molecule has 0 bridgehead atoms. The number of nitrogens with zero attached hydrogens (tertiary/aromatic N) is 2. The van der Waals surface area contributed by atoms with Crippen LogP contribution in [0.25, 0.3) is 0 Å². The summed E-state index contributed by atoms with van der Waals surface area (Å²) < 4.78 is 5.67. The van der Waals surface area contributed by atoms with E-state index in [9.17, 15) is 4.79 Å². The van der Waals surface area contributed by atoms with Gasteiger partial charge in [-0.2, -0.15) is 0 Å². The second-order valence-electron chi connectivity index (χ2n) is 8.07. The van der Waals surface area contributed by atoms with Crippen molar-refractivity contribution in [1.29, 1.82) is 5.41 Å². The average Bonchev–Trinajstić information content (AvgIpc) is 3.62. The van der Waals surface area contributed by atoms with Crippen molar-refractivity contribution in [2.75, 3.05) is 32.8 Å². The number of hydroxylamine groups is 1. The fraction of sp³-hybridized carbons (Fsp3) is 0.591. The largest absolute Gasteiger partial charge is 0.369 e. The van der Waals surface area contributed by atoms with Crippen LogP contribution in [0, 0.1) is 12.3 Å². The highest BCUT2D eigenvalue weighted by atomic mass is 16.5. The molecule has 2 fully saturated rings. The molecule has 170 valence electrons. The van der Waals surface area contributed by atoms with Crippen LogP contribution < -0.4 is 16.1 Å². The number of rotatable bonds is 9. The minimum absolute atomic E-state index is 0.0680. The Labute approximate surface area is 183 Å². The third-order valence-corrected chi connectivity index (χ3v) is 5.60. The summed E-state index contributed by atoms with van der Waals surface area (Å²) in [4.78, 5) is 19.6. The minimum Gasteiger partial charge on any atom is -0.369 e. The lowest BCUT2D eigenvalue weighted by Crippen LogP contribution is -2.54. The maximum atomic E-state index is 13.1. The first kappa shape index (κ1) is 23.3. The molecule has 1 saturated heterocycles. The van der Waals surface area contributed by atoms with E-state index in [-0.39, 0.29) is 17.8 Å². The zero-order valence-corrected chi connectivity index (χ0v) is 18.4. The lowest BCUT2D eigenvalue weighted by atomic mass is 10.1. The molecule has 0 aromatic heterocycles. The first-order valence-electron chi connectivity index (χ1n) is 11.0. The molecule has 31 heavy (non-hydrogen) atoms. The molecule has 1 aromatic carbocycles. The number of hydrogen-bond acceptors (Lipinski definition) is 6. The lowest BCUT2D eigenvalue weighted by Gasteiger charge is -2.33. The van der Waals surface area contributed by atoms with Gasteiger partial charge < -0.3 is 25.5 Å². The van der Waals surface area contributed by atoms with Gasteiger partial charge in [0.15, 0.2) is 0 Å². The summed E-state index contributed by atoms with van der Waals surface area (Å²) in [6, 6.07) is 7.57. The number of aryl methyl sites for hydroxylation is 1. The van der Waals surface area contributed by atoms with E-state index >= 15 is 0 Å². The summed E-state index contributed by atoms with van der Waals surface area (Å²) in [5.41, 5.74) is 4.11. The number of aliphatic imine (C=N–C) groups is 1. The van der Waals surface area contributed by atoms with Crippen molar-refractivity contribution in [2.24, 2.45) is 4.99 Å². The molecule has 9 heteroatoms. The van der Waals surface area contributed by atoms with E-state index < -0.39 is 12.1 Å².